The fraction of sp³-hybridized carbons (Fsp3) is 0.286. The summed E-state index contributed by atoms with van der Waals surface area (Å²) in [6.45, 7) is 4.38. The lowest BCUT2D eigenvalue weighted by molar-refractivity contribution is 0.696. The van der Waals surface area contributed by atoms with E-state index < -0.39 is 0 Å². The van der Waals surface area contributed by atoms with Crippen LogP contribution < -0.4 is 11.1 Å². The molecular weight excluding hydrogens is 274 g/mol. The molecular formula is C14H16ClN5. The highest BCUT2D eigenvalue weighted by molar-refractivity contribution is 6.31. The number of nitriles is 1. The zero-order chi connectivity index (χ0) is 14.7. The van der Waals surface area contributed by atoms with E-state index in [1.807, 2.05) is 38.1 Å². The first-order valence-corrected chi connectivity index (χ1v) is 6.67. The van der Waals surface area contributed by atoms with Gasteiger partial charge in [-0.15, -0.1) is 0 Å². The highest BCUT2D eigenvalue weighted by Crippen LogP contribution is 2.24. The quantitative estimate of drug-likeness (QED) is 0.907. The summed E-state index contributed by atoms with van der Waals surface area (Å²) in [4.78, 5) is 0. The molecule has 6 heteroatoms. The van der Waals surface area contributed by atoms with Gasteiger partial charge in [0.2, 0.25) is 0 Å². The van der Waals surface area contributed by atoms with Gasteiger partial charge in [0.25, 0.3) is 0 Å². The molecule has 0 aliphatic heterocycles. The number of nitrogen functional groups attached to an aromatic ring is 1. The normalized spacial score (nSPS) is 10.6. The number of nitrogens with two attached hydrogens (primary N) is 1. The molecule has 1 aromatic carbocycles. The second-order valence-electron chi connectivity index (χ2n) is 4.77. The molecule has 0 spiro atoms. The van der Waals surface area contributed by atoms with Gasteiger partial charge in [-0.05, 0) is 25.5 Å². The van der Waals surface area contributed by atoms with E-state index in [0.717, 1.165) is 5.56 Å². The van der Waals surface area contributed by atoms with Crippen LogP contribution in [0.25, 0.3) is 0 Å². The maximum Gasteiger partial charge on any atom is 0.168 e. The molecule has 3 N–H and O–H groups in total. The Morgan fingerprint density at radius 3 is 2.75 bits per heavy atom. The summed E-state index contributed by atoms with van der Waals surface area (Å²) < 4.78 is 1.59. The molecule has 0 unspecified atom stereocenters. The van der Waals surface area contributed by atoms with Crippen LogP contribution >= 0.6 is 11.6 Å². The maximum absolute atomic E-state index is 9.20. The first kappa shape index (κ1) is 14.2. The van der Waals surface area contributed by atoms with Gasteiger partial charge in [0, 0.05) is 11.1 Å². The van der Waals surface area contributed by atoms with E-state index in [-0.39, 0.29) is 6.04 Å². The Balaban J connectivity index is 2.36. The SMILES string of the molecule is CC(C)Nc1nn(Cc2ccccc2Cl)c(N)c1C#N. The molecule has 1 heterocycles. The van der Waals surface area contributed by atoms with Crippen LogP contribution in [-0.4, -0.2) is 15.8 Å². The van der Waals surface area contributed by atoms with Gasteiger partial charge in [-0.2, -0.15) is 10.4 Å². The summed E-state index contributed by atoms with van der Waals surface area (Å²) in [6, 6.07) is 9.75. The number of rotatable bonds is 4. The molecule has 0 aliphatic rings. The molecule has 0 radical (unpaired) electrons. The van der Waals surface area contributed by atoms with Crippen LogP contribution in [0.15, 0.2) is 24.3 Å². The summed E-state index contributed by atoms with van der Waals surface area (Å²) in [5.41, 5.74) is 7.26. The number of nitrogens with one attached hydrogen (secondary N) is 1. The predicted octanol–water partition coefficient (Wildman–Crippen LogP) is 2.86. The average Bonchev–Trinajstić information content (AvgIpc) is 2.67. The number of benzene rings is 1. The molecule has 5 nitrogen and oxygen atoms in total. The van der Waals surface area contributed by atoms with E-state index in [1.165, 1.54) is 0 Å². The van der Waals surface area contributed by atoms with Gasteiger partial charge < -0.3 is 11.1 Å². The minimum absolute atomic E-state index is 0.171. The Hall–Kier alpha value is -2.19. The van der Waals surface area contributed by atoms with E-state index in [4.69, 9.17) is 17.3 Å². The van der Waals surface area contributed by atoms with Crippen molar-refractivity contribution in [3.63, 3.8) is 0 Å². The van der Waals surface area contributed by atoms with Crippen molar-refractivity contribution >= 4 is 23.2 Å². The number of aromatic nitrogens is 2. The third-order valence-electron chi connectivity index (χ3n) is 2.81. The Labute approximate surface area is 123 Å². The predicted molar refractivity (Wildman–Crippen MR) is 80.7 cm³/mol. The molecule has 104 valence electrons. The van der Waals surface area contributed by atoms with Crippen LogP contribution in [0.4, 0.5) is 11.6 Å². The average molecular weight is 290 g/mol. The van der Waals surface area contributed by atoms with E-state index in [2.05, 4.69) is 16.5 Å². The van der Waals surface area contributed by atoms with E-state index in [1.54, 1.807) is 4.68 Å². The second-order valence-corrected chi connectivity index (χ2v) is 5.18. The highest BCUT2D eigenvalue weighted by Gasteiger charge is 2.16. The Morgan fingerprint density at radius 2 is 2.15 bits per heavy atom. The number of hydrogen-bond donors (Lipinski definition) is 2. The number of hydrogen-bond acceptors (Lipinski definition) is 4. The molecule has 0 aliphatic carbocycles. The molecule has 0 saturated carbocycles. The number of halogens is 1. The molecule has 1 aromatic heterocycles. The van der Waals surface area contributed by atoms with Gasteiger partial charge in [-0.25, -0.2) is 4.68 Å². The lowest BCUT2D eigenvalue weighted by Gasteiger charge is -2.07. The molecule has 0 bridgehead atoms. The van der Waals surface area contributed by atoms with Crippen LogP contribution in [0.5, 0.6) is 0 Å². The Morgan fingerprint density at radius 1 is 1.45 bits per heavy atom. The summed E-state index contributed by atoms with van der Waals surface area (Å²) >= 11 is 6.13. The number of anilines is 2. The van der Waals surface area contributed by atoms with Crippen LogP contribution in [0.2, 0.25) is 5.02 Å². The first-order valence-electron chi connectivity index (χ1n) is 6.29. The monoisotopic (exact) mass is 289 g/mol. The summed E-state index contributed by atoms with van der Waals surface area (Å²) in [5, 5.41) is 17.3. The van der Waals surface area contributed by atoms with Crippen molar-refractivity contribution in [3.8, 4) is 6.07 Å². The van der Waals surface area contributed by atoms with Gasteiger partial charge in [0.15, 0.2) is 5.82 Å². The summed E-state index contributed by atoms with van der Waals surface area (Å²) in [7, 11) is 0. The highest BCUT2D eigenvalue weighted by atomic mass is 35.5. The Bertz CT molecular complexity index is 654. The van der Waals surface area contributed by atoms with Crippen molar-refractivity contribution in [1.82, 2.24) is 9.78 Å². The standard InChI is InChI=1S/C14H16ClN5/c1-9(2)18-14-11(7-16)13(17)20(19-14)8-10-5-3-4-6-12(10)15/h3-6,9H,8,17H2,1-2H3,(H,18,19). The largest absolute Gasteiger partial charge is 0.383 e. The van der Waals surface area contributed by atoms with Crippen molar-refractivity contribution in [3.05, 3.63) is 40.4 Å². The maximum atomic E-state index is 9.20. The molecule has 2 aromatic rings. The van der Waals surface area contributed by atoms with Gasteiger partial charge in [-0.3, -0.25) is 0 Å². The summed E-state index contributed by atoms with van der Waals surface area (Å²) in [5.74, 6) is 0.850. The molecule has 20 heavy (non-hydrogen) atoms. The van der Waals surface area contributed by atoms with Gasteiger partial charge in [-0.1, -0.05) is 29.8 Å². The smallest absolute Gasteiger partial charge is 0.168 e. The third kappa shape index (κ3) is 2.86. The van der Waals surface area contributed by atoms with Crippen molar-refractivity contribution in [2.45, 2.75) is 26.4 Å². The zero-order valence-corrected chi connectivity index (χ0v) is 12.1. The minimum Gasteiger partial charge on any atom is -0.383 e. The second kappa shape index (κ2) is 5.85. The van der Waals surface area contributed by atoms with Crippen molar-refractivity contribution in [2.75, 3.05) is 11.1 Å². The molecule has 0 saturated heterocycles. The van der Waals surface area contributed by atoms with Crippen LogP contribution in [0, 0.1) is 11.3 Å². The lowest BCUT2D eigenvalue weighted by Crippen LogP contribution is -2.11. The fourth-order valence-electron chi connectivity index (χ4n) is 1.87. The van der Waals surface area contributed by atoms with E-state index in [9.17, 15) is 5.26 Å². The van der Waals surface area contributed by atoms with Gasteiger partial charge in [0.05, 0.1) is 6.54 Å². The van der Waals surface area contributed by atoms with Crippen molar-refractivity contribution in [2.24, 2.45) is 0 Å². The van der Waals surface area contributed by atoms with Crippen LogP contribution in [-0.2, 0) is 6.54 Å². The molecule has 0 fully saturated rings. The fourth-order valence-corrected chi connectivity index (χ4v) is 2.06. The van der Waals surface area contributed by atoms with Gasteiger partial charge >= 0.3 is 0 Å². The summed E-state index contributed by atoms with van der Waals surface area (Å²) in [6.07, 6.45) is 0. The lowest BCUT2D eigenvalue weighted by atomic mass is 10.2. The number of nitrogens with zero attached hydrogens (tertiary/aromatic N) is 3. The zero-order valence-electron chi connectivity index (χ0n) is 11.4. The third-order valence-corrected chi connectivity index (χ3v) is 3.18. The van der Waals surface area contributed by atoms with E-state index >= 15 is 0 Å². The van der Waals surface area contributed by atoms with Crippen molar-refractivity contribution < 1.29 is 0 Å². The minimum atomic E-state index is 0.171. The topological polar surface area (TPSA) is 79.7 Å². The van der Waals surface area contributed by atoms with Crippen LogP contribution in [0.3, 0.4) is 0 Å². The Kier molecular flexibility index (Phi) is 4.16. The van der Waals surface area contributed by atoms with Gasteiger partial charge in [0.1, 0.15) is 17.5 Å². The van der Waals surface area contributed by atoms with Crippen LogP contribution in [0.1, 0.15) is 25.0 Å². The van der Waals surface area contributed by atoms with Crippen molar-refractivity contribution in [1.29, 1.82) is 5.26 Å². The molecule has 0 amide bonds. The first-order chi connectivity index (χ1) is 9.52. The molecule has 2 rings (SSSR count). The molecule has 0 atom stereocenters. The van der Waals surface area contributed by atoms with E-state index in [0.29, 0.717) is 28.8 Å².